The van der Waals surface area contributed by atoms with E-state index in [1.807, 2.05) is 43.0 Å². The van der Waals surface area contributed by atoms with Crippen LogP contribution in [-0.4, -0.2) is 51.2 Å². The summed E-state index contributed by atoms with van der Waals surface area (Å²) in [6.07, 6.45) is 1.12. The second-order valence-electron chi connectivity index (χ2n) is 9.05. The molecular formula is C26H30N2O5S2. The van der Waals surface area contributed by atoms with Gasteiger partial charge in [0, 0.05) is 18.8 Å². The molecule has 1 heterocycles. The van der Waals surface area contributed by atoms with Crippen molar-refractivity contribution in [2.75, 3.05) is 12.8 Å². The lowest BCUT2D eigenvalue weighted by Gasteiger charge is -2.32. The third-order valence-electron chi connectivity index (χ3n) is 6.32. The van der Waals surface area contributed by atoms with E-state index in [0.717, 1.165) is 17.4 Å². The van der Waals surface area contributed by atoms with E-state index < -0.39 is 25.2 Å². The quantitative estimate of drug-likeness (QED) is 0.498. The predicted molar refractivity (Wildman–Crippen MR) is 136 cm³/mol. The molecule has 3 aromatic rings. The highest BCUT2D eigenvalue weighted by Crippen LogP contribution is 2.35. The molecule has 9 heteroatoms. The van der Waals surface area contributed by atoms with Gasteiger partial charge in [-0.15, -0.1) is 0 Å². The number of nitrogens with one attached hydrogen (secondary N) is 1. The zero-order valence-electron chi connectivity index (χ0n) is 19.9. The number of rotatable bonds is 7. The van der Waals surface area contributed by atoms with Crippen LogP contribution in [0.15, 0.2) is 82.6 Å². The van der Waals surface area contributed by atoms with Gasteiger partial charge in [0.15, 0.2) is 15.3 Å². The highest BCUT2D eigenvalue weighted by atomic mass is 32.2. The monoisotopic (exact) mass is 514 g/mol. The minimum absolute atomic E-state index is 0.0529. The summed E-state index contributed by atoms with van der Waals surface area (Å²) in [6, 6.07) is 20.9. The van der Waals surface area contributed by atoms with Crippen LogP contribution < -0.4 is 5.32 Å². The first-order valence-corrected chi connectivity index (χ1v) is 14.8. The van der Waals surface area contributed by atoms with Gasteiger partial charge in [-0.3, -0.25) is 10.2 Å². The largest absolute Gasteiger partial charge is 0.392 e. The van der Waals surface area contributed by atoms with Gasteiger partial charge in [0.05, 0.1) is 22.4 Å². The van der Waals surface area contributed by atoms with Gasteiger partial charge in [-0.1, -0.05) is 48.5 Å². The summed E-state index contributed by atoms with van der Waals surface area (Å²) in [4.78, 5) is 2.34. The molecule has 1 aliphatic heterocycles. The lowest BCUT2D eigenvalue weighted by Crippen LogP contribution is -2.46. The highest BCUT2D eigenvalue weighted by molar-refractivity contribution is 7.92. The number of sulfone groups is 2. The molecule has 2 unspecified atom stereocenters. The van der Waals surface area contributed by atoms with Gasteiger partial charge in [0.25, 0.3) is 0 Å². The molecule has 0 saturated carbocycles. The molecule has 0 aromatic heterocycles. The Morgan fingerprint density at radius 2 is 1.63 bits per heavy atom. The topological polar surface area (TPSA) is 104 Å². The Balaban J connectivity index is 1.72. The van der Waals surface area contributed by atoms with Gasteiger partial charge >= 0.3 is 0 Å². The number of hydrogen-bond donors (Lipinski definition) is 2. The number of hydrogen-bond acceptors (Lipinski definition) is 7. The SMILES string of the molecule is CC(C)N1C(c2cccc(-c3ccc(CO)c(S(C)(=O)=O)c3)c2)CNC1S(=O)(=O)c1ccccc1. The van der Waals surface area contributed by atoms with Gasteiger partial charge in [0.1, 0.15) is 0 Å². The first kappa shape index (κ1) is 25.5. The Kier molecular flexibility index (Phi) is 7.17. The van der Waals surface area contributed by atoms with Crippen molar-refractivity contribution in [1.29, 1.82) is 0 Å². The molecular weight excluding hydrogens is 484 g/mol. The third-order valence-corrected chi connectivity index (χ3v) is 9.43. The molecule has 0 bridgehead atoms. The Morgan fingerprint density at radius 1 is 0.943 bits per heavy atom. The molecule has 2 atom stereocenters. The van der Waals surface area contributed by atoms with Gasteiger partial charge in [-0.2, -0.15) is 0 Å². The van der Waals surface area contributed by atoms with Crippen molar-refractivity contribution < 1.29 is 21.9 Å². The van der Waals surface area contributed by atoms with Gasteiger partial charge in [-0.25, -0.2) is 16.8 Å². The van der Waals surface area contributed by atoms with Crippen LogP contribution in [0.1, 0.15) is 31.0 Å². The maximum atomic E-state index is 13.4. The van der Waals surface area contributed by atoms with Crippen LogP contribution in [-0.2, 0) is 26.3 Å². The number of benzene rings is 3. The first-order chi connectivity index (χ1) is 16.5. The van der Waals surface area contributed by atoms with E-state index in [2.05, 4.69) is 5.32 Å². The maximum absolute atomic E-state index is 13.4. The summed E-state index contributed by atoms with van der Waals surface area (Å²) < 4.78 is 51.4. The minimum Gasteiger partial charge on any atom is -0.392 e. The van der Waals surface area contributed by atoms with Crippen LogP contribution >= 0.6 is 0 Å². The van der Waals surface area contributed by atoms with Crippen molar-refractivity contribution in [3.63, 3.8) is 0 Å². The Bertz CT molecular complexity index is 1420. The van der Waals surface area contributed by atoms with Crippen LogP contribution in [0.4, 0.5) is 0 Å². The molecule has 0 amide bonds. The fourth-order valence-corrected chi connectivity index (χ4v) is 7.42. The zero-order valence-corrected chi connectivity index (χ0v) is 21.6. The van der Waals surface area contributed by atoms with Crippen LogP contribution in [0.5, 0.6) is 0 Å². The third kappa shape index (κ3) is 5.05. The van der Waals surface area contributed by atoms with Crippen LogP contribution in [0, 0.1) is 0 Å². The molecule has 0 aliphatic carbocycles. The fraction of sp³-hybridized carbons (Fsp3) is 0.308. The van der Waals surface area contributed by atoms with Crippen LogP contribution in [0.2, 0.25) is 0 Å². The normalized spacial score (nSPS) is 19.3. The molecule has 186 valence electrons. The van der Waals surface area contributed by atoms with E-state index in [-0.39, 0.29) is 28.5 Å². The molecule has 2 N–H and O–H groups in total. The van der Waals surface area contributed by atoms with Crippen LogP contribution in [0.3, 0.4) is 0 Å². The van der Waals surface area contributed by atoms with Crippen molar-refractivity contribution in [2.45, 2.75) is 47.8 Å². The smallest absolute Gasteiger partial charge is 0.208 e. The summed E-state index contributed by atoms with van der Waals surface area (Å²) in [5.74, 6) is 0. The summed E-state index contributed by atoms with van der Waals surface area (Å²) >= 11 is 0. The van der Waals surface area contributed by atoms with E-state index in [9.17, 15) is 21.9 Å². The van der Waals surface area contributed by atoms with E-state index in [4.69, 9.17) is 0 Å². The number of aliphatic hydroxyl groups excluding tert-OH is 1. The second kappa shape index (κ2) is 9.83. The van der Waals surface area contributed by atoms with E-state index in [1.165, 1.54) is 0 Å². The lowest BCUT2D eigenvalue weighted by molar-refractivity contribution is 0.185. The summed E-state index contributed by atoms with van der Waals surface area (Å²) in [7, 11) is -7.16. The lowest BCUT2D eigenvalue weighted by atomic mass is 9.98. The molecule has 1 aliphatic rings. The second-order valence-corrected chi connectivity index (χ2v) is 13.0. The molecule has 3 aromatic carbocycles. The molecule has 35 heavy (non-hydrogen) atoms. The Labute approximate surface area is 207 Å². The Hall–Kier alpha value is -2.56. The van der Waals surface area contributed by atoms with E-state index >= 15 is 0 Å². The van der Waals surface area contributed by atoms with Gasteiger partial charge < -0.3 is 5.11 Å². The molecule has 1 fully saturated rings. The average Bonchev–Trinajstić information content (AvgIpc) is 3.30. The summed E-state index contributed by atoms with van der Waals surface area (Å²) in [5, 5.41) is 12.8. The van der Waals surface area contributed by atoms with Crippen molar-refractivity contribution in [1.82, 2.24) is 10.2 Å². The summed E-state index contributed by atoms with van der Waals surface area (Å²) in [6.45, 7) is 4.04. The fourth-order valence-electron chi connectivity index (χ4n) is 4.65. The number of nitrogens with zero attached hydrogens (tertiary/aromatic N) is 1. The molecule has 0 spiro atoms. The zero-order chi connectivity index (χ0) is 25.4. The summed E-state index contributed by atoms with van der Waals surface area (Å²) in [5.41, 5.74) is 1.95. The number of aliphatic hydroxyl groups is 1. The first-order valence-electron chi connectivity index (χ1n) is 11.4. The maximum Gasteiger partial charge on any atom is 0.208 e. The van der Waals surface area contributed by atoms with E-state index in [1.54, 1.807) is 48.5 Å². The Morgan fingerprint density at radius 3 is 2.26 bits per heavy atom. The standard InChI is InChI=1S/C26H30N2O5S2/c1-18(2)28-24(16-27-26(28)35(32,33)23-10-5-4-6-11-23)21-9-7-8-19(14-21)20-12-13-22(17-29)25(15-20)34(3,30)31/h4-15,18,24,26-27,29H,16-17H2,1-3H3. The van der Waals surface area contributed by atoms with E-state index in [0.29, 0.717) is 17.7 Å². The molecule has 1 saturated heterocycles. The highest BCUT2D eigenvalue weighted by Gasteiger charge is 2.43. The van der Waals surface area contributed by atoms with Crippen molar-refractivity contribution in [2.24, 2.45) is 0 Å². The van der Waals surface area contributed by atoms with Gasteiger partial charge in [0.2, 0.25) is 9.84 Å². The van der Waals surface area contributed by atoms with Crippen molar-refractivity contribution >= 4 is 19.7 Å². The minimum atomic E-state index is -3.64. The molecule has 7 nitrogen and oxygen atoms in total. The average molecular weight is 515 g/mol. The molecule has 0 radical (unpaired) electrons. The van der Waals surface area contributed by atoms with Crippen molar-refractivity contribution in [3.05, 3.63) is 83.9 Å². The van der Waals surface area contributed by atoms with Crippen LogP contribution in [0.25, 0.3) is 11.1 Å². The van der Waals surface area contributed by atoms with Crippen molar-refractivity contribution in [3.8, 4) is 11.1 Å². The molecule has 4 rings (SSSR count). The van der Waals surface area contributed by atoms with Gasteiger partial charge in [-0.05, 0) is 60.4 Å². The predicted octanol–water partition coefficient (Wildman–Crippen LogP) is 3.36.